The monoisotopic (exact) mass is 601 g/mol. The lowest BCUT2D eigenvalue weighted by atomic mass is 9.92. The molecule has 1 amide bonds. The summed E-state index contributed by atoms with van der Waals surface area (Å²) in [4.78, 5) is 46.9. The molecule has 9 heteroatoms. The first-order valence-corrected chi connectivity index (χ1v) is 15.9. The van der Waals surface area contributed by atoms with Crippen LogP contribution >= 0.6 is 11.3 Å². The number of fused-ring (bicyclic) bond motifs is 1. The maximum absolute atomic E-state index is 14.0. The number of rotatable bonds is 10. The summed E-state index contributed by atoms with van der Waals surface area (Å²) in [5, 5.41) is 0. The summed E-state index contributed by atoms with van der Waals surface area (Å²) in [5.74, 6) is 0.509. The zero-order valence-electron chi connectivity index (χ0n) is 25.3. The SMILES string of the molecule is CCCC1=C(C(=O)OCC)[C@@H](c2ccc(C(C)C)cc2)n2c(s/c(=C/c3ccc(OCC(=O)N4CCCC4)cc3)c2=O)=N1. The van der Waals surface area contributed by atoms with Crippen LogP contribution in [0.15, 0.2) is 69.6 Å². The highest BCUT2D eigenvalue weighted by Gasteiger charge is 2.34. The van der Waals surface area contributed by atoms with E-state index in [-0.39, 0.29) is 24.7 Å². The Bertz CT molecular complexity index is 1680. The normalized spacial score (nSPS) is 16.8. The number of carbonyl (C=O) groups is 2. The van der Waals surface area contributed by atoms with E-state index in [4.69, 9.17) is 14.5 Å². The van der Waals surface area contributed by atoms with Gasteiger partial charge in [0.2, 0.25) is 0 Å². The molecule has 3 aromatic rings. The van der Waals surface area contributed by atoms with Gasteiger partial charge in [0.15, 0.2) is 11.4 Å². The Labute approximate surface area is 256 Å². The van der Waals surface area contributed by atoms with E-state index in [1.165, 1.54) is 16.9 Å². The molecule has 2 aliphatic heterocycles. The molecule has 5 rings (SSSR count). The Morgan fingerprint density at radius 2 is 1.74 bits per heavy atom. The largest absolute Gasteiger partial charge is 0.484 e. The minimum Gasteiger partial charge on any atom is -0.484 e. The number of carbonyl (C=O) groups excluding carboxylic acids is 2. The van der Waals surface area contributed by atoms with E-state index in [1.54, 1.807) is 23.6 Å². The molecule has 2 aromatic carbocycles. The Kier molecular flexibility index (Phi) is 9.60. The van der Waals surface area contributed by atoms with Crippen LogP contribution in [0, 0.1) is 0 Å². The summed E-state index contributed by atoms with van der Waals surface area (Å²) in [6.45, 7) is 9.93. The van der Waals surface area contributed by atoms with Crippen LogP contribution < -0.4 is 19.6 Å². The Hall–Kier alpha value is -3.98. The van der Waals surface area contributed by atoms with Gasteiger partial charge < -0.3 is 14.4 Å². The fourth-order valence-electron chi connectivity index (χ4n) is 5.51. The Morgan fingerprint density at radius 1 is 1.05 bits per heavy atom. The van der Waals surface area contributed by atoms with Crippen LogP contribution in [0.3, 0.4) is 0 Å². The van der Waals surface area contributed by atoms with Crippen LogP contribution in [0.25, 0.3) is 6.08 Å². The van der Waals surface area contributed by atoms with E-state index in [9.17, 15) is 14.4 Å². The summed E-state index contributed by atoms with van der Waals surface area (Å²) in [7, 11) is 0. The van der Waals surface area contributed by atoms with Gasteiger partial charge in [0.05, 0.1) is 28.5 Å². The molecule has 1 fully saturated rings. The van der Waals surface area contributed by atoms with Crippen molar-refractivity contribution in [2.24, 2.45) is 4.99 Å². The highest BCUT2D eigenvalue weighted by molar-refractivity contribution is 7.07. The molecule has 0 aliphatic carbocycles. The number of nitrogens with zero attached hydrogens (tertiary/aromatic N) is 3. The molecular formula is C34H39N3O5S. The van der Waals surface area contributed by atoms with Crippen LogP contribution in [0.5, 0.6) is 5.75 Å². The molecule has 0 spiro atoms. The number of hydrogen-bond acceptors (Lipinski definition) is 7. The van der Waals surface area contributed by atoms with Gasteiger partial charge in [-0.3, -0.25) is 14.2 Å². The molecule has 0 radical (unpaired) electrons. The molecule has 2 aliphatic rings. The van der Waals surface area contributed by atoms with E-state index < -0.39 is 12.0 Å². The topological polar surface area (TPSA) is 90.2 Å². The van der Waals surface area contributed by atoms with Gasteiger partial charge >= 0.3 is 5.97 Å². The van der Waals surface area contributed by atoms with E-state index >= 15 is 0 Å². The van der Waals surface area contributed by atoms with Crippen molar-refractivity contribution in [1.29, 1.82) is 0 Å². The Balaban J connectivity index is 1.51. The van der Waals surface area contributed by atoms with Gasteiger partial charge in [-0.1, -0.05) is 74.9 Å². The molecule has 0 N–H and O–H groups in total. The fourth-order valence-corrected chi connectivity index (χ4v) is 6.53. The van der Waals surface area contributed by atoms with Crippen molar-refractivity contribution < 1.29 is 19.1 Å². The summed E-state index contributed by atoms with van der Waals surface area (Å²) in [6.07, 6.45) is 5.31. The zero-order valence-corrected chi connectivity index (χ0v) is 26.1. The predicted molar refractivity (Wildman–Crippen MR) is 168 cm³/mol. The summed E-state index contributed by atoms with van der Waals surface area (Å²) < 4.78 is 13.4. The zero-order chi connectivity index (χ0) is 30.5. The molecule has 1 atom stereocenters. The number of thiazole rings is 1. The van der Waals surface area contributed by atoms with Gasteiger partial charge in [-0.25, -0.2) is 9.79 Å². The molecule has 1 aromatic heterocycles. The van der Waals surface area contributed by atoms with Crippen molar-refractivity contribution in [3.05, 3.63) is 96.2 Å². The highest BCUT2D eigenvalue weighted by atomic mass is 32.1. The number of aromatic nitrogens is 1. The van der Waals surface area contributed by atoms with E-state index in [0.717, 1.165) is 43.5 Å². The average Bonchev–Trinajstić information content (AvgIpc) is 3.65. The number of ether oxygens (including phenoxy) is 2. The van der Waals surface area contributed by atoms with Crippen molar-refractivity contribution in [2.75, 3.05) is 26.3 Å². The van der Waals surface area contributed by atoms with Crippen molar-refractivity contribution in [3.8, 4) is 5.75 Å². The second-order valence-corrected chi connectivity index (χ2v) is 12.2. The van der Waals surface area contributed by atoms with E-state index in [0.29, 0.717) is 38.7 Å². The minimum atomic E-state index is -0.635. The van der Waals surface area contributed by atoms with Gasteiger partial charge in [0, 0.05) is 13.1 Å². The number of benzene rings is 2. The lowest BCUT2D eigenvalue weighted by Gasteiger charge is -2.26. The van der Waals surface area contributed by atoms with Crippen molar-refractivity contribution >= 4 is 29.3 Å². The summed E-state index contributed by atoms with van der Waals surface area (Å²) in [5.41, 5.74) is 3.71. The minimum absolute atomic E-state index is 0.000663. The summed E-state index contributed by atoms with van der Waals surface area (Å²) in [6, 6.07) is 14.8. The first-order valence-electron chi connectivity index (χ1n) is 15.1. The van der Waals surface area contributed by atoms with Gasteiger partial charge in [0.1, 0.15) is 5.75 Å². The average molecular weight is 602 g/mol. The number of allylic oxidation sites excluding steroid dienone is 1. The number of amides is 1. The maximum Gasteiger partial charge on any atom is 0.338 e. The molecule has 8 nitrogen and oxygen atoms in total. The van der Waals surface area contributed by atoms with Gasteiger partial charge in [0.25, 0.3) is 11.5 Å². The summed E-state index contributed by atoms with van der Waals surface area (Å²) >= 11 is 1.31. The number of likely N-dealkylation sites (tertiary alicyclic amines) is 1. The fraction of sp³-hybridized carbons (Fsp3) is 0.412. The van der Waals surface area contributed by atoms with Crippen LogP contribution in [0.4, 0.5) is 0 Å². The third-order valence-electron chi connectivity index (χ3n) is 7.81. The predicted octanol–water partition coefficient (Wildman–Crippen LogP) is 4.70. The molecule has 0 saturated carbocycles. The van der Waals surface area contributed by atoms with Gasteiger partial charge in [-0.05, 0) is 67.0 Å². The Morgan fingerprint density at radius 3 is 2.37 bits per heavy atom. The molecule has 43 heavy (non-hydrogen) atoms. The molecule has 226 valence electrons. The maximum atomic E-state index is 14.0. The first-order chi connectivity index (χ1) is 20.8. The molecule has 0 unspecified atom stereocenters. The van der Waals surface area contributed by atoms with Crippen molar-refractivity contribution in [1.82, 2.24) is 9.47 Å². The first kappa shape index (κ1) is 30.5. The lowest BCUT2D eigenvalue weighted by molar-refractivity contribution is -0.139. The van der Waals surface area contributed by atoms with E-state index in [2.05, 4.69) is 26.0 Å². The molecular weight excluding hydrogens is 562 g/mol. The molecule has 3 heterocycles. The quantitative estimate of drug-likeness (QED) is 0.314. The van der Waals surface area contributed by atoms with Crippen LogP contribution in [-0.4, -0.2) is 47.6 Å². The smallest absolute Gasteiger partial charge is 0.338 e. The molecule has 0 bridgehead atoms. The van der Waals surface area contributed by atoms with Crippen molar-refractivity contribution in [2.45, 2.75) is 65.3 Å². The van der Waals surface area contributed by atoms with Crippen LogP contribution in [0.2, 0.25) is 0 Å². The second kappa shape index (κ2) is 13.5. The highest BCUT2D eigenvalue weighted by Crippen LogP contribution is 2.33. The van der Waals surface area contributed by atoms with Crippen molar-refractivity contribution in [3.63, 3.8) is 0 Å². The van der Waals surface area contributed by atoms with Gasteiger partial charge in [-0.2, -0.15) is 0 Å². The second-order valence-electron chi connectivity index (χ2n) is 11.2. The number of hydrogen-bond donors (Lipinski definition) is 0. The molecule has 1 saturated heterocycles. The third kappa shape index (κ3) is 6.67. The lowest BCUT2D eigenvalue weighted by Crippen LogP contribution is -2.40. The van der Waals surface area contributed by atoms with Crippen LogP contribution in [-0.2, 0) is 14.3 Å². The standard InChI is InChI=1S/C34H39N3O5S/c1-5-9-27-30(33(40)41-6-2)31(25-14-12-24(13-15-25)22(3)4)37-32(39)28(43-34(37)35-27)20-23-10-16-26(17-11-23)42-21-29(38)36-18-7-8-19-36/h10-17,20,22,31H,5-9,18-19,21H2,1-4H3/b28-20+/t31-/m1/s1. The number of esters is 1. The van der Waals surface area contributed by atoms with Crippen LogP contribution in [0.1, 0.15) is 82.0 Å². The third-order valence-corrected chi connectivity index (χ3v) is 8.79. The van der Waals surface area contributed by atoms with E-state index in [1.807, 2.05) is 42.2 Å². The van der Waals surface area contributed by atoms with Gasteiger partial charge in [-0.15, -0.1) is 0 Å².